The molecule has 136 valence electrons. The fourth-order valence-electron chi connectivity index (χ4n) is 2.78. The van der Waals surface area contributed by atoms with E-state index in [4.69, 9.17) is 0 Å². The smallest absolute Gasteiger partial charge is 0.236 e. The first-order valence-electron chi connectivity index (χ1n) is 8.49. The molecule has 2 aromatic carbocycles. The zero-order chi connectivity index (χ0) is 18.8. The van der Waals surface area contributed by atoms with Gasteiger partial charge in [-0.15, -0.1) is 0 Å². The van der Waals surface area contributed by atoms with Gasteiger partial charge in [-0.05, 0) is 43.2 Å². The van der Waals surface area contributed by atoms with Crippen molar-refractivity contribution < 1.29 is 4.79 Å². The van der Waals surface area contributed by atoms with Gasteiger partial charge in [-0.1, -0.05) is 47.4 Å². The van der Waals surface area contributed by atoms with Gasteiger partial charge in [-0.25, -0.2) is 9.97 Å². The third kappa shape index (κ3) is 3.89. The molecule has 0 atom stereocenters. The van der Waals surface area contributed by atoms with Gasteiger partial charge in [0.1, 0.15) is 0 Å². The number of thioether (sulfide) groups is 1. The molecule has 0 fully saturated rings. The summed E-state index contributed by atoms with van der Waals surface area (Å²) in [5, 5.41) is 4.31. The topological polar surface area (TPSA) is 59.8 Å². The molecule has 0 spiro atoms. The fourth-order valence-corrected chi connectivity index (χ4v) is 4.53. The van der Waals surface area contributed by atoms with E-state index < -0.39 is 0 Å². The number of fused-ring (bicyclic) bond motifs is 1. The van der Waals surface area contributed by atoms with Crippen molar-refractivity contribution in [3.63, 3.8) is 0 Å². The molecule has 0 aliphatic rings. The predicted molar refractivity (Wildman–Crippen MR) is 112 cm³/mol. The minimum atomic E-state index is -0.0879. The fraction of sp³-hybridized carbons (Fsp3) is 0.150. The van der Waals surface area contributed by atoms with E-state index in [9.17, 15) is 4.79 Å². The number of para-hydroxylation sites is 1. The number of amides is 1. The first-order chi connectivity index (χ1) is 13.1. The highest BCUT2D eigenvalue weighted by Crippen LogP contribution is 2.27. The molecule has 4 rings (SSSR count). The molecule has 4 aromatic rings. The number of rotatable bonds is 5. The Morgan fingerprint density at radius 1 is 1.22 bits per heavy atom. The number of nitrogens with one attached hydrogen (secondary N) is 1. The van der Waals surface area contributed by atoms with Crippen molar-refractivity contribution in [1.82, 2.24) is 14.5 Å². The zero-order valence-electron chi connectivity index (χ0n) is 15.0. The van der Waals surface area contributed by atoms with Crippen LogP contribution in [0.4, 0.5) is 5.13 Å². The molecule has 0 saturated carbocycles. The minimum absolute atomic E-state index is 0.0879. The van der Waals surface area contributed by atoms with Gasteiger partial charge in [-0.3, -0.25) is 9.36 Å². The Morgan fingerprint density at radius 2 is 2.07 bits per heavy atom. The van der Waals surface area contributed by atoms with Gasteiger partial charge in [-0.2, -0.15) is 0 Å². The SMILES string of the molecule is Cc1ccc2nc(NC(=O)CSc3nccn3-c3ccccc3C)sc2c1. The van der Waals surface area contributed by atoms with E-state index in [2.05, 4.69) is 34.3 Å². The number of hydrogen-bond acceptors (Lipinski definition) is 5. The quantitative estimate of drug-likeness (QED) is 0.493. The summed E-state index contributed by atoms with van der Waals surface area (Å²) >= 11 is 2.90. The maximum atomic E-state index is 12.4. The predicted octanol–water partition coefficient (Wildman–Crippen LogP) is 4.83. The third-order valence-electron chi connectivity index (χ3n) is 4.10. The van der Waals surface area contributed by atoms with Gasteiger partial charge in [0.25, 0.3) is 0 Å². The molecule has 2 aromatic heterocycles. The number of anilines is 1. The summed E-state index contributed by atoms with van der Waals surface area (Å²) in [6.45, 7) is 4.11. The molecule has 2 heterocycles. The van der Waals surface area contributed by atoms with Crippen LogP contribution in [0, 0.1) is 13.8 Å². The normalized spacial score (nSPS) is 11.0. The number of aryl methyl sites for hydroxylation is 2. The van der Waals surface area contributed by atoms with Crippen LogP contribution in [0.2, 0.25) is 0 Å². The highest BCUT2D eigenvalue weighted by molar-refractivity contribution is 7.99. The van der Waals surface area contributed by atoms with E-state index in [1.807, 2.05) is 48.0 Å². The van der Waals surface area contributed by atoms with Crippen LogP contribution in [-0.4, -0.2) is 26.2 Å². The molecular weight excluding hydrogens is 376 g/mol. The van der Waals surface area contributed by atoms with E-state index in [1.54, 1.807) is 6.20 Å². The molecular formula is C20H18N4OS2. The van der Waals surface area contributed by atoms with Crippen LogP contribution < -0.4 is 5.32 Å². The van der Waals surface area contributed by atoms with Crippen LogP contribution in [0.25, 0.3) is 15.9 Å². The molecule has 0 aliphatic carbocycles. The lowest BCUT2D eigenvalue weighted by Crippen LogP contribution is -2.14. The molecule has 0 aliphatic heterocycles. The number of aromatic nitrogens is 3. The maximum Gasteiger partial charge on any atom is 0.236 e. The molecule has 1 amide bonds. The summed E-state index contributed by atoms with van der Waals surface area (Å²) in [4.78, 5) is 21.2. The average molecular weight is 395 g/mol. The second kappa shape index (κ2) is 7.54. The molecule has 5 nitrogen and oxygen atoms in total. The lowest BCUT2D eigenvalue weighted by atomic mass is 10.2. The van der Waals surface area contributed by atoms with Crippen LogP contribution in [0.15, 0.2) is 60.0 Å². The van der Waals surface area contributed by atoms with Crippen LogP contribution in [-0.2, 0) is 4.79 Å². The monoisotopic (exact) mass is 394 g/mol. The van der Waals surface area contributed by atoms with Crippen LogP contribution in [0.1, 0.15) is 11.1 Å². The van der Waals surface area contributed by atoms with Crippen molar-refractivity contribution in [1.29, 1.82) is 0 Å². The molecule has 7 heteroatoms. The molecule has 27 heavy (non-hydrogen) atoms. The maximum absolute atomic E-state index is 12.4. The summed E-state index contributed by atoms with van der Waals surface area (Å²) in [5.41, 5.74) is 4.32. The molecule has 1 N–H and O–H groups in total. The van der Waals surface area contributed by atoms with Gasteiger partial charge in [0.05, 0.1) is 21.7 Å². The number of nitrogens with zero attached hydrogens (tertiary/aromatic N) is 3. The first kappa shape index (κ1) is 17.8. The van der Waals surface area contributed by atoms with Crippen molar-refractivity contribution in [2.24, 2.45) is 0 Å². The van der Waals surface area contributed by atoms with Gasteiger partial charge in [0.2, 0.25) is 5.91 Å². The summed E-state index contributed by atoms with van der Waals surface area (Å²) in [7, 11) is 0. The Kier molecular flexibility index (Phi) is 4.96. The van der Waals surface area contributed by atoms with E-state index in [0.717, 1.165) is 26.6 Å². The summed E-state index contributed by atoms with van der Waals surface area (Å²) < 4.78 is 3.08. The number of hydrogen-bond donors (Lipinski definition) is 1. The molecule has 0 bridgehead atoms. The molecule has 0 radical (unpaired) electrons. The van der Waals surface area contributed by atoms with Crippen molar-refractivity contribution >= 4 is 44.4 Å². The van der Waals surface area contributed by atoms with Crippen LogP contribution in [0.5, 0.6) is 0 Å². The highest BCUT2D eigenvalue weighted by Gasteiger charge is 2.12. The standard InChI is InChI=1S/C20H18N4OS2/c1-13-7-8-15-17(11-13)27-19(22-15)23-18(25)12-26-20-21-9-10-24(20)16-6-4-3-5-14(16)2/h3-11H,12H2,1-2H3,(H,22,23,25). The second-order valence-electron chi connectivity index (χ2n) is 6.19. The van der Waals surface area contributed by atoms with Crippen molar-refractivity contribution in [3.05, 3.63) is 66.0 Å². The Hall–Kier alpha value is -2.64. The number of carbonyl (C=O) groups is 1. The van der Waals surface area contributed by atoms with Crippen LogP contribution in [0.3, 0.4) is 0 Å². The van der Waals surface area contributed by atoms with E-state index >= 15 is 0 Å². The van der Waals surface area contributed by atoms with Crippen LogP contribution >= 0.6 is 23.1 Å². The average Bonchev–Trinajstić information content (AvgIpc) is 3.26. The number of benzene rings is 2. The third-order valence-corrected chi connectivity index (χ3v) is 6.00. The van der Waals surface area contributed by atoms with E-state index in [-0.39, 0.29) is 11.7 Å². The largest absolute Gasteiger partial charge is 0.301 e. The summed E-state index contributed by atoms with van der Waals surface area (Å²) in [6, 6.07) is 14.2. The van der Waals surface area contributed by atoms with Crippen molar-refractivity contribution in [2.75, 3.05) is 11.1 Å². The van der Waals surface area contributed by atoms with Gasteiger partial charge >= 0.3 is 0 Å². The Morgan fingerprint density at radius 3 is 2.93 bits per heavy atom. The van der Waals surface area contributed by atoms with E-state index in [1.165, 1.54) is 28.7 Å². The lowest BCUT2D eigenvalue weighted by Gasteiger charge is -2.10. The summed E-state index contributed by atoms with van der Waals surface area (Å²) in [6.07, 6.45) is 3.67. The first-order valence-corrected chi connectivity index (χ1v) is 10.3. The van der Waals surface area contributed by atoms with Crippen molar-refractivity contribution in [3.8, 4) is 5.69 Å². The highest BCUT2D eigenvalue weighted by atomic mass is 32.2. The number of thiazole rings is 1. The second-order valence-corrected chi connectivity index (χ2v) is 8.17. The number of carbonyl (C=O) groups excluding carboxylic acids is 1. The lowest BCUT2D eigenvalue weighted by molar-refractivity contribution is -0.113. The van der Waals surface area contributed by atoms with Gasteiger partial charge in [0.15, 0.2) is 10.3 Å². The molecule has 0 saturated heterocycles. The zero-order valence-corrected chi connectivity index (χ0v) is 16.6. The van der Waals surface area contributed by atoms with Crippen molar-refractivity contribution in [2.45, 2.75) is 19.0 Å². The van der Waals surface area contributed by atoms with Gasteiger partial charge in [0, 0.05) is 12.4 Å². The Bertz CT molecular complexity index is 1120. The Labute approximate surface area is 165 Å². The van der Waals surface area contributed by atoms with Gasteiger partial charge < -0.3 is 5.32 Å². The minimum Gasteiger partial charge on any atom is -0.301 e. The Balaban J connectivity index is 1.44. The van der Waals surface area contributed by atoms with E-state index in [0.29, 0.717) is 5.13 Å². The number of imidazole rings is 1. The molecule has 0 unspecified atom stereocenters. The summed E-state index contributed by atoms with van der Waals surface area (Å²) in [5.74, 6) is 0.188.